The summed E-state index contributed by atoms with van der Waals surface area (Å²) in [5, 5.41) is 11.2. The van der Waals surface area contributed by atoms with Crippen molar-refractivity contribution in [2.24, 2.45) is 7.05 Å². The zero-order valence-electron chi connectivity index (χ0n) is 10.2. The fourth-order valence-corrected chi connectivity index (χ4v) is 1.60. The second-order valence-corrected chi connectivity index (χ2v) is 4.01. The minimum atomic E-state index is 0.690. The van der Waals surface area contributed by atoms with Crippen molar-refractivity contribution in [3.63, 3.8) is 0 Å². The van der Waals surface area contributed by atoms with E-state index in [1.807, 2.05) is 31.0 Å². The van der Waals surface area contributed by atoms with Crippen molar-refractivity contribution in [3.05, 3.63) is 29.7 Å². The maximum absolute atomic E-state index is 5.02. The maximum Gasteiger partial charge on any atom is 0.227 e. The van der Waals surface area contributed by atoms with Crippen molar-refractivity contribution in [2.75, 3.05) is 13.1 Å². The van der Waals surface area contributed by atoms with Gasteiger partial charge in [0, 0.05) is 26.2 Å². The maximum atomic E-state index is 5.02. The third-order valence-electron chi connectivity index (χ3n) is 2.43. The van der Waals surface area contributed by atoms with Crippen molar-refractivity contribution in [1.82, 2.24) is 25.2 Å². The Hall–Kier alpha value is -1.69. The van der Waals surface area contributed by atoms with Gasteiger partial charge < -0.3 is 9.84 Å². The monoisotopic (exact) mass is 235 g/mol. The van der Waals surface area contributed by atoms with Gasteiger partial charge >= 0.3 is 0 Å². The molecule has 2 aromatic rings. The smallest absolute Gasteiger partial charge is 0.227 e. The molecule has 0 unspecified atom stereocenters. The number of aryl methyl sites for hydroxylation is 2. The summed E-state index contributed by atoms with van der Waals surface area (Å²) in [6, 6.07) is 0. The summed E-state index contributed by atoms with van der Waals surface area (Å²) in [7, 11) is 1.93. The van der Waals surface area contributed by atoms with Crippen LogP contribution in [0.2, 0.25) is 0 Å². The molecule has 0 aliphatic rings. The van der Waals surface area contributed by atoms with Gasteiger partial charge in [0.15, 0.2) is 5.82 Å². The SMILES string of the molecule is Cc1noc(CCNCCc2cnn(C)c2)n1. The molecular weight excluding hydrogens is 218 g/mol. The molecule has 0 bridgehead atoms. The molecule has 6 heteroatoms. The van der Waals surface area contributed by atoms with E-state index in [0.717, 1.165) is 25.9 Å². The lowest BCUT2D eigenvalue weighted by Gasteiger charge is -2.00. The molecule has 0 saturated carbocycles. The second kappa shape index (κ2) is 5.58. The van der Waals surface area contributed by atoms with Gasteiger partial charge in [-0.25, -0.2) is 0 Å². The Morgan fingerprint density at radius 2 is 2.18 bits per heavy atom. The standard InChI is InChI=1S/C11H17N5O/c1-9-14-11(17-15-9)4-6-12-5-3-10-7-13-16(2)8-10/h7-8,12H,3-6H2,1-2H3. The molecule has 0 fully saturated rings. The van der Waals surface area contributed by atoms with Gasteiger partial charge in [-0.15, -0.1) is 0 Å². The van der Waals surface area contributed by atoms with Gasteiger partial charge in [0.25, 0.3) is 0 Å². The van der Waals surface area contributed by atoms with Crippen LogP contribution in [0.15, 0.2) is 16.9 Å². The lowest BCUT2D eigenvalue weighted by atomic mass is 10.2. The Labute approximate surface area is 100 Å². The van der Waals surface area contributed by atoms with Gasteiger partial charge in [0.1, 0.15) is 0 Å². The molecule has 0 aliphatic heterocycles. The molecule has 0 saturated heterocycles. The Bertz CT molecular complexity index is 420. The van der Waals surface area contributed by atoms with E-state index in [1.165, 1.54) is 5.56 Å². The van der Waals surface area contributed by atoms with Crippen LogP contribution in [0.4, 0.5) is 0 Å². The summed E-state index contributed by atoms with van der Waals surface area (Å²) >= 11 is 0. The fraction of sp³-hybridized carbons (Fsp3) is 0.545. The van der Waals surface area contributed by atoms with Gasteiger partial charge in [-0.05, 0) is 25.5 Å². The number of hydrogen-bond donors (Lipinski definition) is 1. The lowest BCUT2D eigenvalue weighted by molar-refractivity contribution is 0.372. The number of aromatic nitrogens is 4. The lowest BCUT2D eigenvalue weighted by Crippen LogP contribution is -2.20. The summed E-state index contributed by atoms with van der Waals surface area (Å²) in [6.45, 7) is 3.60. The molecule has 92 valence electrons. The highest BCUT2D eigenvalue weighted by atomic mass is 16.5. The number of hydrogen-bond acceptors (Lipinski definition) is 5. The van der Waals surface area contributed by atoms with E-state index in [-0.39, 0.29) is 0 Å². The first-order valence-electron chi connectivity index (χ1n) is 5.71. The molecule has 0 atom stereocenters. The normalized spacial score (nSPS) is 10.9. The van der Waals surface area contributed by atoms with Crippen LogP contribution in [0.3, 0.4) is 0 Å². The highest BCUT2D eigenvalue weighted by Gasteiger charge is 2.01. The minimum Gasteiger partial charge on any atom is -0.339 e. The molecule has 2 rings (SSSR count). The average molecular weight is 235 g/mol. The predicted molar refractivity (Wildman–Crippen MR) is 62.5 cm³/mol. The van der Waals surface area contributed by atoms with Crippen LogP contribution in [-0.4, -0.2) is 33.0 Å². The molecule has 0 radical (unpaired) electrons. The second-order valence-electron chi connectivity index (χ2n) is 4.01. The summed E-state index contributed by atoms with van der Waals surface area (Å²) < 4.78 is 6.83. The van der Waals surface area contributed by atoms with E-state index in [2.05, 4.69) is 20.6 Å². The molecular formula is C11H17N5O. The van der Waals surface area contributed by atoms with E-state index >= 15 is 0 Å². The zero-order valence-corrected chi connectivity index (χ0v) is 10.2. The first kappa shape index (κ1) is 11.8. The predicted octanol–water partition coefficient (Wildman–Crippen LogP) is 0.486. The Morgan fingerprint density at radius 3 is 2.82 bits per heavy atom. The van der Waals surface area contributed by atoms with Crippen LogP contribution in [0.1, 0.15) is 17.3 Å². The number of nitrogens with zero attached hydrogens (tertiary/aromatic N) is 4. The van der Waals surface area contributed by atoms with Crippen LogP contribution in [0, 0.1) is 6.92 Å². The van der Waals surface area contributed by atoms with Crippen LogP contribution >= 0.6 is 0 Å². The molecule has 0 aliphatic carbocycles. The van der Waals surface area contributed by atoms with E-state index in [0.29, 0.717) is 11.7 Å². The molecule has 1 N–H and O–H groups in total. The van der Waals surface area contributed by atoms with Gasteiger partial charge in [-0.3, -0.25) is 4.68 Å². The van der Waals surface area contributed by atoms with Crippen LogP contribution in [0.5, 0.6) is 0 Å². The minimum absolute atomic E-state index is 0.690. The topological polar surface area (TPSA) is 68.8 Å². The highest BCUT2D eigenvalue weighted by Crippen LogP contribution is 1.97. The number of nitrogens with one attached hydrogen (secondary N) is 1. The molecule has 2 heterocycles. The van der Waals surface area contributed by atoms with Crippen LogP contribution in [-0.2, 0) is 19.9 Å². The molecule has 17 heavy (non-hydrogen) atoms. The molecule has 6 nitrogen and oxygen atoms in total. The summed E-state index contributed by atoms with van der Waals surface area (Å²) in [6.07, 6.45) is 5.68. The summed E-state index contributed by atoms with van der Waals surface area (Å²) in [5.74, 6) is 1.38. The third kappa shape index (κ3) is 3.67. The largest absolute Gasteiger partial charge is 0.339 e. The Balaban J connectivity index is 1.60. The molecule has 0 spiro atoms. The molecule has 0 amide bonds. The summed E-state index contributed by atoms with van der Waals surface area (Å²) in [5.41, 5.74) is 1.24. The van der Waals surface area contributed by atoms with E-state index < -0.39 is 0 Å². The highest BCUT2D eigenvalue weighted by molar-refractivity contribution is 5.03. The van der Waals surface area contributed by atoms with Crippen molar-refractivity contribution < 1.29 is 4.52 Å². The Kier molecular flexibility index (Phi) is 3.87. The van der Waals surface area contributed by atoms with Crippen LogP contribution in [0.25, 0.3) is 0 Å². The van der Waals surface area contributed by atoms with E-state index in [9.17, 15) is 0 Å². The van der Waals surface area contributed by atoms with E-state index in [1.54, 1.807) is 0 Å². The van der Waals surface area contributed by atoms with Crippen molar-refractivity contribution >= 4 is 0 Å². The molecule has 0 aromatic carbocycles. The Morgan fingerprint density at radius 1 is 1.35 bits per heavy atom. The van der Waals surface area contributed by atoms with Crippen molar-refractivity contribution in [3.8, 4) is 0 Å². The van der Waals surface area contributed by atoms with Crippen molar-refractivity contribution in [1.29, 1.82) is 0 Å². The quantitative estimate of drug-likeness (QED) is 0.738. The van der Waals surface area contributed by atoms with Gasteiger partial charge in [0.2, 0.25) is 5.89 Å². The van der Waals surface area contributed by atoms with Crippen molar-refractivity contribution in [2.45, 2.75) is 19.8 Å². The van der Waals surface area contributed by atoms with Crippen LogP contribution < -0.4 is 5.32 Å². The van der Waals surface area contributed by atoms with Gasteiger partial charge in [-0.1, -0.05) is 5.16 Å². The molecule has 2 aromatic heterocycles. The van der Waals surface area contributed by atoms with E-state index in [4.69, 9.17) is 4.52 Å². The summed E-state index contributed by atoms with van der Waals surface area (Å²) in [4.78, 5) is 4.14. The van der Waals surface area contributed by atoms with Gasteiger partial charge in [-0.2, -0.15) is 10.1 Å². The average Bonchev–Trinajstić information content (AvgIpc) is 2.88. The first-order chi connectivity index (χ1) is 8.24. The fourth-order valence-electron chi connectivity index (χ4n) is 1.60. The third-order valence-corrected chi connectivity index (χ3v) is 2.43. The zero-order chi connectivity index (χ0) is 12.1. The first-order valence-corrected chi connectivity index (χ1v) is 5.71. The number of rotatable bonds is 6. The van der Waals surface area contributed by atoms with Gasteiger partial charge in [0.05, 0.1) is 6.20 Å².